The smallest absolute Gasteiger partial charge is 0.257 e. The highest BCUT2D eigenvalue weighted by Crippen LogP contribution is 2.32. The van der Waals surface area contributed by atoms with Crippen molar-refractivity contribution >= 4 is 28.6 Å². The summed E-state index contributed by atoms with van der Waals surface area (Å²) in [5, 5.41) is 3.63. The minimum Gasteiger partial charge on any atom is -0.350 e. The second kappa shape index (κ2) is 9.31. The number of halogens is 3. The molecule has 31 heavy (non-hydrogen) atoms. The number of benzene rings is 3. The maximum atomic E-state index is 13.8. The second-order valence-corrected chi connectivity index (χ2v) is 7.99. The Kier molecular flexibility index (Phi) is 6.32. The Hall–Kier alpha value is -3.19. The predicted molar refractivity (Wildman–Crippen MR) is 117 cm³/mol. The minimum atomic E-state index is -0.889. The fourth-order valence-corrected chi connectivity index (χ4v) is 4.43. The summed E-state index contributed by atoms with van der Waals surface area (Å²) in [7, 11) is 0. The van der Waals surface area contributed by atoms with Crippen LogP contribution in [0.15, 0.2) is 77.8 Å². The molecule has 0 aliphatic rings. The third-order valence-electron chi connectivity index (χ3n) is 4.86. The molecular formula is C24H19F3N2OS. The first-order valence-electron chi connectivity index (χ1n) is 9.70. The van der Waals surface area contributed by atoms with E-state index in [4.69, 9.17) is 0 Å². The first-order chi connectivity index (χ1) is 15.0. The van der Waals surface area contributed by atoms with Crippen molar-refractivity contribution in [2.45, 2.75) is 17.2 Å². The molecule has 158 valence electrons. The van der Waals surface area contributed by atoms with E-state index in [1.54, 1.807) is 17.8 Å². The summed E-state index contributed by atoms with van der Waals surface area (Å²) in [4.78, 5) is 13.2. The Morgan fingerprint density at radius 3 is 2.45 bits per heavy atom. The molecule has 0 spiro atoms. The van der Waals surface area contributed by atoms with Gasteiger partial charge in [-0.25, -0.2) is 13.2 Å². The number of aromatic nitrogens is 1. The van der Waals surface area contributed by atoms with Crippen molar-refractivity contribution in [3.05, 3.63) is 102 Å². The van der Waals surface area contributed by atoms with Gasteiger partial charge in [0.1, 0.15) is 23.0 Å². The molecule has 0 bridgehead atoms. The molecule has 0 aliphatic heterocycles. The summed E-state index contributed by atoms with van der Waals surface area (Å²) in [5.74, 6) is -2.20. The van der Waals surface area contributed by atoms with Crippen molar-refractivity contribution in [3.8, 4) is 0 Å². The number of para-hydroxylation sites is 1. The van der Waals surface area contributed by atoms with Crippen LogP contribution in [0.4, 0.5) is 13.2 Å². The molecule has 0 radical (unpaired) electrons. The number of nitrogens with zero attached hydrogens (tertiary/aromatic N) is 1. The van der Waals surface area contributed by atoms with Crippen LogP contribution in [-0.2, 0) is 12.3 Å². The standard InChI is InChI=1S/C24H19F3N2OS/c25-17-6-3-5-16(13-17)15-31-22-14-29(21-10-2-1-7-18(21)22)12-11-28-24(30)23-19(26)8-4-9-20(23)27/h1-10,13-14H,11-12,15H2,(H,28,30). The van der Waals surface area contributed by atoms with Crippen molar-refractivity contribution < 1.29 is 18.0 Å². The SMILES string of the molecule is O=C(NCCn1cc(SCc2cccc(F)c2)c2ccccc21)c1c(F)cccc1F. The van der Waals surface area contributed by atoms with Crippen LogP contribution in [-0.4, -0.2) is 17.0 Å². The number of fused-ring (bicyclic) bond motifs is 1. The fourth-order valence-electron chi connectivity index (χ4n) is 3.39. The Morgan fingerprint density at radius 1 is 0.935 bits per heavy atom. The summed E-state index contributed by atoms with van der Waals surface area (Å²) < 4.78 is 43.0. The molecule has 4 rings (SSSR count). The van der Waals surface area contributed by atoms with Gasteiger partial charge in [-0.3, -0.25) is 4.79 Å². The van der Waals surface area contributed by atoms with Gasteiger partial charge in [0.15, 0.2) is 0 Å². The highest BCUT2D eigenvalue weighted by molar-refractivity contribution is 7.98. The number of thioether (sulfide) groups is 1. The minimum absolute atomic E-state index is 0.208. The highest BCUT2D eigenvalue weighted by atomic mass is 32.2. The lowest BCUT2D eigenvalue weighted by Crippen LogP contribution is -2.28. The van der Waals surface area contributed by atoms with E-state index in [0.29, 0.717) is 12.3 Å². The molecule has 1 N–H and O–H groups in total. The lowest BCUT2D eigenvalue weighted by molar-refractivity contribution is 0.0944. The van der Waals surface area contributed by atoms with E-state index < -0.39 is 23.1 Å². The van der Waals surface area contributed by atoms with E-state index >= 15 is 0 Å². The van der Waals surface area contributed by atoms with Gasteiger partial charge in [0.05, 0.1) is 0 Å². The third-order valence-corrected chi connectivity index (χ3v) is 5.98. The fraction of sp³-hybridized carbons (Fsp3) is 0.125. The molecule has 3 nitrogen and oxygen atoms in total. The lowest BCUT2D eigenvalue weighted by atomic mass is 10.2. The molecule has 4 aromatic rings. The summed E-state index contributed by atoms with van der Waals surface area (Å²) in [6.07, 6.45) is 1.98. The van der Waals surface area contributed by atoms with Gasteiger partial charge in [0, 0.05) is 40.8 Å². The Labute approximate surface area is 181 Å². The van der Waals surface area contributed by atoms with Crippen LogP contribution in [0.3, 0.4) is 0 Å². The van der Waals surface area contributed by atoms with Gasteiger partial charge in [-0.05, 0) is 35.9 Å². The van der Waals surface area contributed by atoms with Crippen LogP contribution >= 0.6 is 11.8 Å². The molecular weight excluding hydrogens is 421 g/mol. The number of carbonyl (C=O) groups excluding carboxylic acids is 1. The van der Waals surface area contributed by atoms with Crippen molar-refractivity contribution in [2.75, 3.05) is 6.54 Å². The zero-order valence-electron chi connectivity index (χ0n) is 16.4. The first-order valence-corrected chi connectivity index (χ1v) is 10.7. The van der Waals surface area contributed by atoms with E-state index in [0.717, 1.165) is 33.5 Å². The second-order valence-electron chi connectivity index (χ2n) is 6.98. The first kappa shape index (κ1) is 21.1. The third kappa shape index (κ3) is 4.77. The molecule has 7 heteroatoms. The van der Waals surface area contributed by atoms with E-state index in [1.165, 1.54) is 18.2 Å². The molecule has 1 aromatic heterocycles. The number of amides is 1. The van der Waals surface area contributed by atoms with Crippen LogP contribution in [0.2, 0.25) is 0 Å². The highest BCUT2D eigenvalue weighted by Gasteiger charge is 2.16. The zero-order chi connectivity index (χ0) is 21.8. The van der Waals surface area contributed by atoms with E-state index in [9.17, 15) is 18.0 Å². The van der Waals surface area contributed by atoms with Gasteiger partial charge in [0.2, 0.25) is 0 Å². The van der Waals surface area contributed by atoms with Crippen LogP contribution in [0.25, 0.3) is 10.9 Å². The van der Waals surface area contributed by atoms with E-state index in [1.807, 2.05) is 41.1 Å². The molecule has 0 saturated carbocycles. The maximum Gasteiger partial charge on any atom is 0.257 e. The number of nitrogens with one attached hydrogen (secondary N) is 1. The zero-order valence-corrected chi connectivity index (χ0v) is 17.3. The number of hydrogen-bond donors (Lipinski definition) is 1. The predicted octanol–water partition coefficient (Wildman–Crippen LogP) is 5.78. The van der Waals surface area contributed by atoms with Crippen molar-refractivity contribution in [3.63, 3.8) is 0 Å². The Balaban J connectivity index is 1.46. The average Bonchev–Trinajstić information content (AvgIpc) is 3.10. The maximum absolute atomic E-state index is 13.8. The molecule has 3 aromatic carbocycles. The number of hydrogen-bond acceptors (Lipinski definition) is 2. The largest absolute Gasteiger partial charge is 0.350 e. The van der Waals surface area contributed by atoms with Gasteiger partial charge < -0.3 is 9.88 Å². The summed E-state index contributed by atoms with van der Waals surface area (Å²) in [6, 6.07) is 17.7. The van der Waals surface area contributed by atoms with Crippen LogP contribution in [0, 0.1) is 17.5 Å². The molecule has 0 aliphatic carbocycles. The van der Waals surface area contributed by atoms with Crippen LogP contribution in [0.1, 0.15) is 15.9 Å². The molecule has 0 atom stereocenters. The van der Waals surface area contributed by atoms with Crippen LogP contribution in [0.5, 0.6) is 0 Å². The normalized spacial score (nSPS) is 11.1. The van der Waals surface area contributed by atoms with Gasteiger partial charge in [0.25, 0.3) is 5.91 Å². The lowest BCUT2D eigenvalue weighted by Gasteiger charge is -2.09. The topological polar surface area (TPSA) is 34.0 Å². The van der Waals surface area contributed by atoms with E-state index in [2.05, 4.69) is 5.32 Å². The van der Waals surface area contributed by atoms with Gasteiger partial charge in [-0.15, -0.1) is 11.8 Å². The van der Waals surface area contributed by atoms with Crippen molar-refractivity contribution in [2.24, 2.45) is 0 Å². The van der Waals surface area contributed by atoms with Crippen molar-refractivity contribution in [1.29, 1.82) is 0 Å². The monoisotopic (exact) mass is 440 g/mol. The summed E-state index contributed by atoms with van der Waals surface area (Å²) >= 11 is 1.60. The number of rotatable bonds is 7. The quantitative estimate of drug-likeness (QED) is 0.370. The molecule has 1 heterocycles. The Bertz CT molecular complexity index is 1220. The molecule has 0 saturated heterocycles. The number of carbonyl (C=O) groups is 1. The van der Waals surface area contributed by atoms with Gasteiger partial charge >= 0.3 is 0 Å². The van der Waals surface area contributed by atoms with Crippen LogP contribution < -0.4 is 5.32 Å². The molecule has 1 amide bonds. The van der Waals surface area contributed by atoms with E-state index in [-0.39, 0.29) is 12.4 Å². The van der Waals surface area contributed by atoms with Crippen molar-refractivity contribution in [1.82, 2.24) is 9.88 Å². The molecule has 0 unspecified atom stereocenters. The Morgan fingerprint density at radius 2 is 1.68 bits per heavy atom. The summed E-state index contributed by atoms with van der Waals surface area (Å²) in [5.41, 5.74) is 1.29. The van der Waals surface area contributed by atoms with Gasteiger partial charge in [-0.2, -0.15) is 0 Å². The molecule has 0 fully saturated rings. The van der Waals surface area contributed by atoms with Gasteiger partial charge in [-0.1, -0.05) is 36.4 Å². The summed E-state index contributed by atoms with van der Waals surface area (Å²) in [6.45, 7) is 0.641. The average molecular weight is 440 g/mol.